The van der Waals surface area contributed by atoms with Gasteiger partial charge >= 0.3 is 12.1 Å². The van der Waals surface area contributed by atoms with E-state index in [9.17, 15) is 18.0 Å². The predicted molar refractivity (Wildman–Crippen MR) is 96.6 cm³/mol. The number of sulfone groups is 1. The normalized spacial score (nSPS) is 12.3. The summed E-state index contributed by atoms with van der Waals surface area (Å²) in [5.74, 6) is -0.981. The van der Waals surface area contributed by atoms with Gasteiger partial charge in [-0.2, -0.15) is 0 Å². The average Bonchev–Trinajstić information content (AvgIpc) is 2.51. The molecule has 1 amide bonds. The summed E-state index contributed by atoms with van der Waals surface area (Å²) in [6.07, 6.45) is 4.64. The van der Waals surface area contributed by atoms with Crippen molar-refractivity contribution in [3.05, 3.63) is 24.3 Å². The molecule has 0 saturated heterocycles. The van der Waals surface area contributed by atoms with Crippen LogP contribution in [-0.4, -0.2) is 52.2 Å². The molecule has 0 unspecified atom stereocenters. The van der Waals surface area contributed by atoms with Gasteiger partial charge in [0.05, 0.1) is 12.9 Å². The lowest BCUT2D eigenvalue weighted by Crippen LogP contribution is -2.43. The van der Waals surface area contributed by atoms with Crippen LogP contribution in [0.5, 0.6) is 0 Å². The Labute approximate surface area is 146 Å². The molecular weight excluding hydrogens is 334 g/mol. The van der Waals surface area contributed by atoms with Crippen LogP contribution in [0.4, 0.5) is 4.79 Å². The molecule has 142 valence electrons. The summed E-state index contributed by atoms with van der Waals surface area (Å²) in [4.78, 5) is 23.1. The molecule has 0 aromatic heterocycles. The third-order valence-electron chi connectivity index (χ3n) is 2.56. The molecule has 0 aliphatic rings. The van der Waals surface area contributed by atoms with Gasteiger partial charge in [-0.05, 0) is 18.9 Å². The molecule has 0 aliphatic carbocycles. The molecule has 1 N–H and O–H groups in total. The number of nitrogens with one attached hydrogen (secondary N) is 1. The molecule has 0 bridgehead atoms. The maximum Gasteiger partial charge on any atom is 0.408 e. The van der Waals surface area contributed by atoms with E-state index in [2.05, 4.69) is 30.5 Å². The largest absolute Gasteiger partial charge is 0.467 e. The third-order valence-corrected chi connectivity index (χ3v) is 3.54. The molecule has 0 radical (unpaired) electrons. The van der Waals surface area contributed by atoms with E-state index in [0.29, 0.717) is 5.57 Å². The number of hydrogen-bond donors (Lipinski definition) is 1. The second-order valence-electron chi connectivity index (χ2n) is 4.99. The highest BCUT2D eigenvalue weighted by atomic mass is 32.2. The Morgan fingerprint density at radius 2 is 1.88 bits per heavy atom. The molecule has 24 heavy (non-hydrogen) atoms. The zero-order valence-corrected chi connectivity index (χ0v) is 15.9. The van der Waals surface area contributed by atoms with Gasteiger partial charge < -0.3 is 14.8 Å². The second kappa shape index (κ2) is 13.6. The van der Waals surface area contributed by atoms with Crippen LogP contribution in [0.15, 0.2) is 24.3 Å². The van der Waals surface area contributed by atoms with Gasteiger partial charge in [0.15, 0.2) is 0 Å². The second-order valence-corrected chi connectivity index (χ2v) is 7.25. The lowest BCUT2D eigenvalue weighted by atomic mass is 10.2. The number of hydrogen-bond acceptors (Lipinski definition) is 6. The van der Waals surface area contributed by atoms with Crippen molar-refractivity contribution in [1.82, 2.24) is 5.32 Å². The number of amides is 1. The van der Waals surface area contributed by atoms with Gasteiger partial charge in [0, 0.05) is 7.68 Å². The Morgan fingerprint density at radius 3 is 2.25 bits per heavy atom. The molecule has 0 aliphatic heterocycles. The molecule has 7 nitrogen and oxygen atoms in total. The van der Waals surface area contributed by atoms with Crippen LogP contribution in [0, 0.1) is 0 Å². The Hall–Kier alpha value is -1.83. The topological polar surface area (TPSA) is 98.8 Å². The summed E-state index contributed by atoms with van der Waals surface area (Å²) >= 11 is 0. The molecular formula is C16H31NO6S. The SMILES string of the molecule is C=C/C(=C\C)COC(=O)N[C@@H](CCS(C)(=O)=O)C(=O)OC.CCC.[HH]. The lowest BCUT2D eigenvalue weighted by molar-refractivity contribution is -0.143. The van der Waals surface area contributed by atoms with Crippen molar-refractivity contribution in [2.24, 2.45) is 0 Å². The standard InChI is InChI=1S/C13H21NO6S.C3H8.H2/c1-5-10(6-2)9-20-13(16)14-11(12(15)19-3)7-8-21(4,17)18;1-3-2;/h5-6,11H,1,7-9H2,2-4H3,(H,14,16);3H2,1-2H3;1H/b10-6+;;/t11-;;/m0../s1. The first-order chi connectivity index (χ1) is 11.1. The van der Waals surface area contributed by atoms with Gasteiger partial charge in [0.1, 0.15) is 22.5 Å². The third kappa shape index (κ3) is 13.8. The molecule has 0 saturated carbocycles. The van der Waals surface area contributed by atoms with Crippen molar-refractivity contribution in [1.29, 1.82) is 0 Å². The van der Waals surface area contributed by atoms with Crippen molar-refractivity contribution in [2.45, 2.75) is 39.7 Å². The van der Waals surface area contributed by atoms with Gasteiger partial charge in [-0.15, -0.1) is 0 Å². The molecule has 0 fully saturated rings. The number of esters is 1. The molecule has 0 heterocycles. The van der Waals surface area contributed by atoms with Gasteiger partial charge in [-0.3, -0.25) is 0 Å². The molecule has 0 spiro atoms. The van der Waals surface area contributed by atoms with E-state index in [1.165, 1.54) is 12.5 Å². The minimum atomic E-state index is -3.25. The fourth-order valence-electron chi connectivity index (χ4n) is 1.32. The Morgan fingerprint density at radius 1 is 1.33 bits per heavy atom. The van der Waals surface area contributed by atoms with Crippen molar-refractivity contribution in [2.75, 3.05) is 25.7 Å². The van der Waals surface area contributed by atoms with Gasteiger partial charge in [0.2, 0.25) is 0 Å². The summed E-state index contributed by atoms with van der Waals surface area (Å²) in [5.41, 5.74) is 0.705. The highest BCUT2D eigenvalue weighted by molar-refractivity contribution is 7.90. The summed E-state index contributed by atoms with van der Waals surface area (Å²) < 4.78 is 31.6. The predicted octanol–water partition coefficient (Wildman–Crippen LogP) is 2.48. The van der Waals surface area contributed by atoms with Crippen LogP contribution in [0.1, 0.15) is 35.0 Å². The van der Waals surface area contributed by atoms with Crippen LogP contribution in [0.25, 0.3) is 0 Å². The van der Waals surface area contributed by atoms with Crippen molar-refractivity contribution in [3.63, 3.8) is 0 Å². The van der Waals surface area contributed by atoms with E-state index in [-0.39, 0.29) is 20.2 Å². The number of allylic oxidation sites excluding steroid dienone is 1. The summed E-state index contributed by atoms with van der Waals surface area (Å²) in [6.45, 7) is 9.57. The summed E-state index contributed by atoms with van der Waals surface area (Å²) in [5, 5.41) is 2.28. The average molecular weight is 365 g/mol. The van der Waals surface area contributed by atoms with Crippen LogP contribution in [-0.2, 0) is 24.1 Å². The van der Waals surface area contributed by atoms with Gasteiger partial charge in [-0.1, -0.05) is 39.0 Å². The fraction of sp³-hybridized carbons (Fsp3) is 0.625. The smallest absolute Gasteiger partial charge is 0.408 e. The zero-order valence-electron chi connectivity index (χ0n) is 15.1. The minimum Gasteiger partial charge on any atom is -0.467 e. The monoisotopic (exact) mass is 365 g/mol. The Balaban J connectivity index is -0.00000112. The van der Waals surface area contributed by atoms with Crippen molar-refractivity contribution in [3.8, 4) is 0 Å². The first-order valence-corrected chi connectivity index (χ1v) is 9.67. The molecule has 0 rings (SSSR count). The van der Waals surface area contributed by atoms with Gasteiger partial charge in [-0.25, -0.2) is 18.0 Å². The van der Waals surface area contributed by atoms with E-state index < -0.39 is 27.9 Å². The fourth-order valence-corrected chi connectivity index (χ4v) is 1.98. The van der Waals surface area contributed by atoms with Crippen LogP contribution < -0.4 is 5.32 Å². The highest BCUT2D eigenvalue weighted by Crippen LogP contribution is 2.01. The van der Waals surface area contributed by atoms with E-state index in [1.807, 2.05) is 0 Å². The van der Waals surface area contributed by atoms with Crippen LogP contribution in [0.3, 0.4) is 0 Å². The number of carbonyl (C=O) groups excluding carboxylic acids is 2. The number of carbonyl (C=O) groups is 2. The number of methoxy groups -OCH3 is 1. The van der Waals surface area contributed by atoms with Crippen molar-refractivity contribution >= 4 is 21.9 Å². The summed E-state index contributed by atoms with van der Waals surface area (Å²) in [7, 11) is -2.10. The Kier molecular flexibility index (Phi) is 13.8. The lowest BCUT2D eigenvalue weighted by Gasteiger charge is -2.16. The molecule has 8 heteroatoms. The van der Waals surface area contributed by atoms with Gasteiger partial charge in [0.25, 0.3) is 0 Å². The maximum absolute atomic E-state index is 11.6. The first kappa shape index (κ1) is 24.4. The highest BCUT2D eigenvalue weighted by Gasteiger charge is 2.23. The first-order valence-electron chi connectivity index (χ1n) is 7.61. The van der Waals surface area contributed by atoms with Crippen LogP contribution >= 0.6 is 0 Å². The quantitative estimate of drug-likeness (QED) is 0.524. The zero-order chi connectivity index (χ0) is 19.2. The molecule has 0 aromatic carbocycles. The van der Waals surface area contributed by atoms with Crippen molar-refractivity contribution < 1.29 is 28.9 Å². The van der Waals surface area contributed by atoms with E-state index in [0.717, 1.165) is 13.4 Å². The molecule has 1 atom stereocenters. The number of rotatable bonds is 8. The van der Waals surface area contributed by atoms with E-state index in [1.54, 1.807) is 13.0 Å². The van der Waals surface area contributed by atoms with Crippen LogP contribution in [0.2, 0.25) is 0 Å². The summed E-state index contributed by atoms with van der Waals surface area (Å²) in [6, 6.07) is -1.07. The minimum absolute atomic E-state index is 0. The Bertz CT molecular complexity index is 531. The number of ether oxygens (including phenoxy) is 2. The maximum atomic E-state index is 11.6. The molecule has 0 aromatic rings. The van der Waals surface area contributed by atoms with E-state index in [4.69, 9.17) is 4.74 Å². The number of alkyl carbamates (subject to hydrolysis) is 1. The van der Waals surface area contributed by atoms with E-state index >= 15 is 0 Å².